The van der Waals surface area contributed by atoms with Crippen molar-refractivity contribution in [2.24, 2.45) is 0 Å². The molecule has 0 aliphatic carbocycles. The van der Waals surface area contributed by atoms with E-state index < -0.39 is 0 Å². The summed E-state index contributed by atoms with van der Waals surface area (Å²) in [5.74, 6) is 0. The van der Waals surface area contributed by atoms with Crippen LogP contribution in [0.3, 0.4) is 0 Å². The van der Waals surface area contributed by atoms with Gasteiger partial charge in [0, 0.05) is 32.9 Å². The largest absolute Gasteiger partial charge is 0.309 e. The topological polar surface area (TPSA) is 33.6 Å². The molecular formula is C38H25N3. The first-order valence-corrected chi connectivity index (χ1v) is 13.9. The second-order valence-electron chi connectivity index (χ2n) is 10.5. The lowest BCUT2D eigenvalue weighted by molar-refractivity contribution is 1.13. The first kappa shape index (κ1) is 23.3. The molecule has 6 aromatic carbocycles. The lowest BCUT2D eigenvalue weighted by Crippen LogP contribution is -1.98. The molecule has 2 aromatic heterocycles. The van der Waals surface area contributed by atoms with Crippen LogP contribution in [0.1, 0.15) is 16.7 Å². The monoisotopic (exact) mass is 523 g/mol. The van der Waals surface area contributed by atoms with Crippen LogP contribution in [0.2, 0.25) is 0 Å². The fourth-order valence-corrected chi connectivity index (χ4v) is 6.39. The molecule has 0 amide bonds. The molecule has 0 spiro atoms. The molecule has 0 fully saturated rings. The Bertz CT molecular complexity index is 2280. The molecule has 0 radical (unpaired) electrons. The van der Waals surface area contributed by atoms with E-state index >= 15 is 0 Å². The van der Waals surface area contributed by atoms with Crippen molar-refractivity contribution in [3.05, 3.63) is 156 Å². The summed E-state index contributed by atoms with van der Waals surface area (Å²) in [6.45, 7) is 0. The molecule has 0 atom stereocenters. The molecule has 3 nitrogen and oxygen atoms in total. The van der Waals surface area contributed by atoms with E-state index in [1.807, 2.05) is 24.3 Å². The number of aromatic nitrogens is 2. The van der Waals surface area contributed by atoms with Crippen molar-refractivity contribution < 1.29 is 0 Å². The van der Waals surface area contributed by atoms with E-state index in [4.69, 9.17) is 0 Å². The standard InChI is InChI=1S/C38H25N3/c39-25-26-17-20-30(21-18-26)40-35-15-6-4-12-31(35)33-22-19-27(24-37(33)40)23-28-9-8-14-34-32-13-5-7-16-36(32)41(38(28)34)29-10-2-1-3-11-29/h1-22,24H,23H2. The van der Waals surface area contributed by atoms with Crippen LogP contribution in [0, 0.1) is 11.3 Å². The number of nitriles is 1. The van der Waals surface area contributed by atoms with Crippen molar-refractivity contribution in [1.82, 2.24) is 9.13 Å². The first-order valence-electron chi connectivity index (χ1n) is 13.9. The molecule has 2 heterocycles. The van der Waals surface area contributed by atoms with Crippen molar-refractivity contribution in [3.8, 4) is 17.4 Å². The smallest absolute Gasteiger partial charge is 0.0991 e. The molecule has 8 rings (SSSR count). The highest BCUT2D eigenvalue weighted by molar-refractivity contribution is 6.11. The van der Waals surface area contributed by atoms with Gasteiger partial charge in [0.1, 0.15) is 0 Å². The number of hydrogen-bond acceptors (Lipinski definition) is 1. The summed E-state index contributed by atoms with van der Waals surface area (Å²) in [7, 11) is 0. The number of fused-ring (bicyclic) bond motifs is 6. The zero-order valence-corrected chi connectivity index (χ0v) is 22.3. The van der Waals surface area contributed by atoms with Gasteiger partial charge < -0.3 is 9.13 Å². The van der Waals surface area contributed by atoms with E-state index in [0.29, 0.717) is 5.56 Å². The van der Waals surface area contributed by atoms with Crippen LogP contribution in [0.15, 0.2) is 140 Å². The quantitative estimate of drug-likeness (QED) is 0.226. The maximum Gasteiger partial charge on any atom is 0.0991 e. The van der Waals surface area contributed by atoms with E-state index in [-0.39, 0.29) is 0 Å². The second kappa shape index (κ2) is 9.26. The fraction of sp³-hybridized carbons (Fsp3) is 0.0263. The van der Waals surface area contributed by atoms with Gasteiger partial charge in [-0.15, -0.1) is 0 Å². The summed E-state index contributed by atoms with van der Waals surface area (Å²) in [5, 5.41) is 14.3. The minimum atomic E-state index is 0.664. The summed E-state index contributed by atoms with van der Waals surface area (Å²) < 4.78 is 4.73. The van der Waals surface area contributed by atoms with Crippen LogP contribution in [-0.2, 0) is 6.42 Å². The van der Waals surface area contributed by atoms with Crippen molar-refractivity contribution >= 4 is 43.6 Å². The summed E-state index contributed by atoms with van der Waals surface area (Å²) >= 11 is 0. The van der Waals surface area contributed by atoms with Crippen LogP contribution in [0.25, 0.3) is 55.0 Å². The Balaban J connectivity index is 1.34. The normalized spacial score (nSPS) is 11.5. The Morgan fingerprint density at radius 1 is 0.488 bits per heavy atom. The Hall–Kier alpha value is -5.59. The maximum atomic E-state index is 9.33. The van der Waals surface area contributed by atoms with Crippen molar-refractivity contribution in [2.75, 3.05) is 0 Å². The third-order valence-corrected chi connectivity index (χ3v) is 8.18. The van der Waals surface area contributed by atoms with E-state index in [1.165, 1.54) is 54.9 Å². The lowest BCUT2D eigenvalue weighted by atomic mass is 10.0. The Morgan fingerprint density at radius 3 is 1.85 bits per heavy atom. The SMILES string of the molecule is N#Cc1ccc(-n2c3ccccc3c3ccc(Cc4cccc5c6ccccc6n(-c6ccccc6)c45)cc32)cc1. The molecule has 0 bridgehead atoms. The van der Waals surface area contributed by atoms with Gasteiger partial charge in [-0.25, -0.2) is 0 Å². The minimum Gasteiger partial charge on any atom is -0.309 e. The zero-order chi connectivity index (χ0) is 27.3. The average molecular weight is 524 g/mol. The van der Waals surface area contributed by atoms with Crippen LogP contribution >= 0.6 is 0 Å². The van der Waals surface area contributed by atoms with Gasteiger partial charge >= 0.3 is 0 Å². The average Bonchev–Trinajstić information content (AvgIpc) is 3.55. The second-order valence-corrected chi connectivity index (χ2v) is 10.5. The van der Waals surface area contributed by atoms with E-state index in [1.54, 1.807) is 0 Å². The molecule has 8 aromatic rings. The molecule has 3 heteroatoms. The summed E-state index contributed by atoms with van der Waals surface area (Å²) in [4.78, 5) is 0. The molecule has 0 aliphatic heterocycles. The third kappa shape index (κ3) is 3.66. The number of nitrogens with zero attached hydrogens (tertiary/aromatic N) is 3. The molecule has 41 heavy (non-hydrogen) atoms. The highest BCUT2D eigenvalue weighted by Crippen LogP contribution is 2.36. The Labute approximate surface area is 237 Å². The van der Waals surface area contributed by atoms with Crippen molar-refractivity contribution in [3.63, 3.8) is 0 Å². The molecular weight excluding hydrogens is 498 g/mol. The van der Waals surface area contributed by atoms with Gasteiger partial charge in [0.2, 0.25) is 0 Å². The molecule has 0 saturated carbocycles. The van der Waals surface area contributed by atoms with E-state index in [9.17, 15) is 5.26 Å². The molecule has 0 unspecified atom stereocenters. The zero-order valence-electron chi connectivity index (χ0n) is 22.3. The maximum absolute atomic E-state index is 9.33. The first-order chi connectivity index (χ1) is 20.3. The summed E-state index contributed by atoms with van der Waals surface area (Å²) in [6, 6.07) is 51.6. The lowest BCUT2D eigenvalue weighted by Gasteiger charge is -2.12. The number of rotatable bonds is 4. The fourth-order valence-electron chi connectivity index (χ4n) is 6.39. The number of benzene rings is 6. The highest BCUT2D eigenvalue weighted by Gasteiger charge is 2.17. The van der Waals surface area contributed by atoms with Gasteiger partial charge in [-0.1, -0.05) is 84.9 Å². The van der Waals surface area contributed by atoms with Gasteiger partial charge in [0.15, 0.2) is 0 Å². The van der Waals surface area contributed by atoms with Gasteiger partial charge in [0.25, 0.3) is 0 Å². The van der Waals surface area contributed by atoms with Gasteiger partial charge in [-0.05, 0) is 72.1 Å². The van der Waals surface area contributed by atoms with Gasteiger partial charge in [-0.3, -0.25) is 0 Å². The predicted octanol–water partition coefficient (Wildman–Crippen LogP) is 9.34. The van der Waals surface area contributed by atoms with Crippen LogP contribution in [-0.4, -0.2) is 9.13 Å². The predicted molar refractivity (Wildman–Crippen MR) is 169 cm³/mol. The van der Waals surface area contributed by atoms with Gasteiger partial charge in [-0.2, -0.15) is 5.26 Å². The summed E-state index contributed by atoms with van der Waals surface area (Å²) in [6.07, 6.45) is 0.811. The van der Waals surface area contributed by atoms with Gasteiger partial charge in [0.05, 0.1) is 33.7 Å². The van der Waals surface area contributed by atoms with Crippen LogP contribution in [0.5, 0.6) is 0 Å². The van der Waals surface area contributed by atoms with Crippen molar-refractivity contribution in [1.29, 1.82) is 5.26 Å². The van der Waals surface area contributed by atoms with Crippen molar-refractivity contribution in [2.45, 2.75) is 6.42 Å². The molecule has 0 N–H and O–H groups in total. The Morgan fingerprint density at radius 2 is 1.10 bits per heavy atom. The molecule has 0 saturated heterocycles. The van der Waals surface area contributed by atoms with Crippen LogP contribution in [0.4, 0.5) is 0 Å². The van der Waals surface area contributed by atoms with E-state index in [0.717, 1.165) is 17.6 Å². The third-order valence-electron chi connectivity index (χ3n) is 8.18. The highest BCUT2D eigenvalue weighted by atomic mass is 15.0. The Kier molecular flexibility index (Phi) is 5.26. The number of para-hydroxylation sites is 4. The number of hydrogen-bond donors (Lipinski definition) is 0. The van der Waals surface area contributed by atoms with Crippen LogP contribution < -0.4 is 0 Å². The van der Waals surface area contributed by atoms with E-state index in [2.05, 4.69) is 130 Å². The summed E-state index contributed by atoms with van der Waals surface area (Å²) in [5.41, 5.74) is 10.2. The molecule has 0 aliphatic rings. The molecule has 192 valence electrons. The minimum absolute atomic E-state index is 0.664.